The van der Waals surface area contributed by atoms with Crippen LogP contribution in [0.3, 0.4) is 0 Å². The molecule has 1 saturated heterocycles. The van der Waals surface area contributed by atoms with Crippen molar-refractivity contribution in [2.24, 2.45) is 5.92 Å². The lowest BCUT2D eigenvalue weighted by molar-refractivity contribution is -0.140. The number of aryl methyl sites for hydroxylation is 1. The molecule has 6 nitrogen and oxygen atoms in total. The van der Waals surface area contributed by atoms with Gasteiger partial charge in [0.25, 0.3) is 0 Å². The first-order valence-electron chi connectivity index (χ1n) is 7.19. The predicted molar refractivity (Wildman–Crippen MR) is 75.9 cm³/mol. The smallest absolute Gasteiger partial charge is 0.308 e. The summed E-state index contributed by atoms with van der Waals surface area (Å²) in [6.07, 6.45) is 2.52. The first-order chi connectivity index (χ1) is 9.56. The van der Waals surface area contributed by atoms with Crippen LogP contribution in [0.15, 0.2) is 10.6 Å². The number of aliphatic carboxylic acids is 1. The largest absolute Gasteiger partial charge is 0.481 e. The van der Waals surface area contributed by atoms with E-state index in [1.165, 1.54) is 12.8 Å². The molecule has 20 heavy (non-hydrogen) atoms. The normalized spacial score (nSPS) is 17.3. The molecule has 0 aliphatic carbocycles. The van der Waals surface area contributed by atoms with E-state index in [1.54, 1.807) is 6.92 Å². The van der Waals surface area contributed by atoms with Gasteiger partial charge in [0.15, 0.2) is 5.82 Å². The Hall–Kier alpha value is -1.56. The Morgan fingerprint density at radius 1 is 1.55 bits per heavy atom. The summed E-state index contributed by atoms with van der Waals surface area (Å²) in [7, 11) is 0. The fourth-order valence-electron chi connectivity index (χ4n) is 2.48. The summed E-state index contributed by atoms with van der Waals surface area (Å²) >= 11 is 0. The van der Waals surface area contributed by atoms with Gasteiger partial charge in [0.1, 0.15) is 5.76 Å². The number of carbonyl (C=O) groups is 1. The van der Waals surface area contributed by atoms with Crippen molar-refractivity contribution < 1.29 is 14.4 Å². The Balaban J connectivity index is 1.97. The molecule has 2 heterocycles. The number of rotatable bonds is 7. The monoisotopic (exact) mass is 281 g/mol. The van der Waals surface area contributed by atoms with Crippen LogP contribution >= 0.6 is 0 Å². The number of likely N-dealkylation sites (tertiary alicyclic amines) is 1. The summed E-state index contributed by atoms with van der Waals surface area (Å²) in [4.78, 5) is 15.5. The van der Waals surface area contributed by atoms with Gasteiger partial charge in [-0.3, -0.25) is 4.79 Å². The molecule has 1 aliphatic rings. The fourth-order valence-corrected chi connectivity index (χ4v) is 2.48. The minimum Gasteiger partial charge on any atom is -0.481 e. The molecule has 0 bridgehead atoms. The van der Waals surface area contributed by atoms with Crippen LogP contribution in [0.2, 0.25) is 0 Å². The predicted octanol–water partition coefficient (Wildman–Crippen LogP) is 1.61. The lowest BCUT2D eigenvalue weighted by atomic mass is 10.1. The molecule has 1 N–H and O–H groups in total. The van der Waals surface area contributed by atoms with E-state index in [0.717, 1.165) is 37.8 Å². The zero-order chi connectivity index (χ0) is 14.5. The van der Waals surface area contributed by atoms with Crippen LogP contribution in [0.5, 0.6) is 0 Å². The van der Waals surface area contributed by atoms with Gasteiger partial charge in [-0.25, -0.2) is 0 Å². The molecule has 1 aliphatic heterocycles. The van der Waals surface area contributed by atoms with Gasteiger partial charge in [0.2, 0.25) is 0 Å². The second-order valence-corrected chi connectivity index (χ2v) is 5.53. The van der Waals surface area contributed by atoms with Gasteiger partial charge in [-0.05, 0) is 32.9 Å². The Labute approximate surface area is 119 Å². The van der Waals surface area contributed by atoms with Gasteiger partial charge in [-0.15, -0.1) is 0 Å². The zero-order valence-corrected chi connectivity index (χ0v) is 12.2. The number of hydrogen-bond acceptors (Lipinski definition) is 5. The van der Waals surface area contributed by atoms with Crippen LogP contribution in [0.25, 0.3) is 0 Å². The second kappa shape index (κ2) is 6.74. The number of carboxylic acids is 1. The zero-order valence-electron chi connectivity index (χ0n) is 12.2. The molecular weight excluding hydrogens is 258 g/mol. The average Bonchev–Trinajstić information content (AvgIpc) is 3.05. The van der Waals surface area contributed by atoms with E-state index >= 15 is 0 Å². The first kappa shape index (κ1) is 14.8. The molecule has 6 heteroatoms. The molecule has 1 atom stereocenters. The van der Waals surface area contributed by atoms with E-state index in [4.69, 9.17) is 9.63 Å². The third-order valence-electron chi connectivity index (χ3n) is 3.74. The van der Waals surface area contributed by atoms with Crippen LogP contribution in [0, 0.1) is 12.8 Å². The highest BCUT2D eigenvalue weighted by molar-refractivity contribution is 5.70. The standard InChI is InChI=1S/C14H23N3O3/c1-11(14(18)19)10-17(13-9-12(2)20-15-13)8-7-16-5-3-4-6-16/h9,11H,3-8,10H2,1-2H3,(H,18,19). The summed E-state index contributed by atoms with van der Waals surface area (Å²) in [5.74, 6) is 0.269. The summed E-state index contributed by atoms with van der Waals surface area (Å²) < 4.78 is 5.11. The van der Waals surface area contributed by atoms with E-state index in [-0.39, 0.29) is 0 Å². The molecule has 0 aromatic carbocycles. The maximum atomic E-state index is 11.1. The summed E-state index contributed by atoms with van der Waals surface area (Å²) in [5, 5.41) is 13.1. The number of anilines is 1. The van der Waals surface area contributed by atoms with Crippen LogP contribution in [-0.2, 0) is 4.79 Å². The minimum absolute atomic E-state index is 0.425. The van der Waals surface area contributed by atoms with E-state index in [2.05, 4.69) is 10.1 Å². The lowest BCUT2D eigenvalue weighted by Gasteiger charge is -2.26. The first-order valence-corrected chi connectivity index (χ1v) is 7.19. The molecule has 1 aromatic rings. The summed E-state index contributed by atoms with van der Waals surface area (Å²) in [5.41, 5.74) is 0. The van der Waals surface area contributed by atoms with E-state index < -0.39 is 11.9 Å². The molecule has 112 valence electrons. The van der Waals surface area contributed by atoms with Crippen LogP contribution in [0.4, 0.5) is 5.82 Å². The summed E-state index contributed by atoms with van der Waals surface area (Å²) in [6, 6.07) is 1.86. The number of aromatic nitrogens is 1. The van der Waals surface area contributed by atoms with Crippen molar-refractivity contribution >= 4 is 11.8 Å². The van der Waals surface area contributed by atoms with Gasteiger partial charge in [0, 0.05) is 25.7 Å². The van der Waals surface area contributed by atoms with E-state index in [1.807, 2.05) is 17.9 Å². The van der Waals surface area contributed by atoms with Crippen molar-refractivity contribution in [2.45, 2.75) is 26.7 Å². The number of carboxylic acid groups (broad SMARTS) is 1. The highest BCUT2D eigenvalue weighted by Crippen LogP contribution is 2.16. The highest BCUT2D eigenvalue weighted by atomic mass is 16.5. The summed E-state index contributed by atoms with van der Waals surface area (Å²) in [6.45, 7) is 8.02. The van der Waals surface area contributed by atoms with Crippen LogP contribution < -0.4 is 4.90 Å². The van der Waals surface area contributed by atoms with Crippen LogP contribution in [0.1, 0.15) is 25.5 Å². The van der Waals surface area contributed by atoms with Gasteiger partial charge in [-0.2, -0.15) is 0 Å². The van der Waals surface area contributed by atoms with Gasteiger partial charge < -0.3 is 19.4 Å². The van der Waals surface area contributed by atoms with Crippen molar-refractivity contribution in [3.63, 3.8) is 0 Å². The average molecular weight is 281 g/mol. The van der Waals surface area contributed by atoms with Crippen LogP contribution in [-0.4, -0.2) is 53.9 Å². The molecule has 1 fully saturated rings. The Bertz CT molecular complexity index is 441. The third-order valence-corrected chi connectivity index (χ3v) is 3.74. The van der Waals surface area contributed by atoms with E-state index in [9.17, 15) is 4.79 Å². The fraction of sp³-hybridized carbons (Fsp3) is 0.714. The Morgan fingerprint density at radius 3 is 2.80 bits per heavy atom. The maximum absolute atomic E-state index is 11.1. The minimum atomic E-state index is -0.781. The number of hydrogen-bond donors (Lipinski definition) is 1. The Morgan fingerprint density at radius 2 is 2.25 bits per heavy atom. The molecular formula is C14H23N3O3. The van der Waals surface area contributed by atoms with Gasteiger partial charge >= 0.3 is 5.97 Å². The third kappa shape index (κ3) is 3.96. The lowest BCUT2D eigenvalue weighted by Crippen LogP contribution is -2.38. The van der Waals surface area contributed by atoms with Gasteiger partial charge in [0.05, 0.1) is 5.92 Å². The maximum Gasteiger partial charge on any atom is 0.308 e. The SMILES string of the molecule is Cc1cc(N(CCN2CCCC2)CC(C)C(=O)O)no1. The van der Waals surface area contributed by atoms with Crippen molar-refractivity contribution in [1.82, 2.24) is 10.1 Å². The van der Waals surface area contributed by atoms with Crippen molar-refractivity contribution in [3.05, 3.63) is 11.8 Å². The molecule has 0 spiro atoms. The molecule has 1 unspecified atom stereocenters. The second-order valence-electron chi connectivity index (χ2n) is 5.53. The van der Waals surface area contributed by atoms with E-state index in [0.29, 0.717) is 6.54 Å². The van der Waals surface area contributed by atoms with Crippen molar-refractivity contribution in [1.29, 1.82) is 0 Å². The molecule has 1 aromatic heterocycles. The van der Waals surface area contributed by atoms with Gasteiger partial charge in [-0.1, -0.05) is 12.1 Å². The van der Waals surface area contributed by atoms with Crippen molar-refractivity contribution in [3.8, 4) is 0 Å². The molecule has 0 saturated carbocycles. The molecule has 0 amide bonds. The highest BCUT2D eigenvalue weighted by Gasteiger charge is 2.20. The van der Waals surface area contributed by atoms with Crippen molar-refractivity contribution in [2.75, 3.05) is 37.6 Å². The number of nitrogens with zero attached hydrogens (tertiary/aromatic N) is 3. The molecule has 2 rings (SSSR count). The topological polar surface area (TPSA) is 69.8 Å². The Kier molecular flexibility index (Phi) is 5.00. The molecule has 0 radical (unpaired) electrons. The quantitative estimate of drug-likeness (QED) is 0.818.